The van der Waals surface area contributed by atoms with E-state index < -0.39 is 18.0 Å². The van der Waals surface area contributed by atoms with Crippen molar-refractivity contribution < 1.29 is 28.6 Å². The Hall–Kier alpha value is -3.00. The topological polar surface area (TPSA) is 90.9 Å². The van der Waals surface area contributed by atoms with Gasteiger partial charge >= 0.3 is 5.97 Å². The lowest BCUT2D eigenvalue weighted by molar-refractivity contribution is -0.123. The van der Waals surface area contributed by atoms with Crippen LogP contribution < -0.4 is 14.8 Å². The van der Waals surface area contributed by atoms with Crippen molar-refractivity contribution in [3.63, 3.8) is 0 Å². The number of thioether (sulfide) groups is 1. The molecule has 0 unspecified atom stereocenters. The summed E-state index contributed by atoms with van der Waals surface area (Å²) in [5.74, 6) is 0.312. The average Bonchev–Trinajstić information content (AvgIpc) is 3.14. The molecule has 0 spiro atoms. The first kappa shape index (κ1) is 19.8. The molecule has 7 nitrogen and oxygen atoms in total. The first-order valence-corrected chi connectivity index (χ1v) is 9.55. The van der Waals surface area contributed by atoms with E-state index >= 15 is 0 Å². The number of ether oxygens (including phenoxy) is 3. The van der Waals surface area contributed by atoms with Crippen LogP contribution >= 0.6 is 11.8 Å². The van der Waals surface area contributed by atoms with Gasteiger partial charge in [-0.15, -0.1) is 11.8 Å². The van der Waals surface area contributed by atoms with Crippen LogP contribution in [-0.2, 0) is 14.3 Å². The van der Waals surface area contributed by atoms with Gasteiger partial charge in [0.2, 0.25) is 6.79 Å². The molecule has 1 aliphatic rings. The predicted molar refractivity (Wildman–Crippen MR) is 104 cm³/mol. The van der Waals surface area contributed by atoms with Gasteiger partial charge in [0.05, 0.1) is 11.3 Å². The summed E-state index contributed by atoms with van der Waals surface area (Å²) in [6.07, 6.45) is -1.01. The minimum atomic E-state index is -1.01. The number of ketones is 1. The number of amides is 1. The van der Waals surface area contributed by atoms with Crippen LogP contribution in [-0.4, -0.2) is 36.3 Å². The molecule has 1 N–H and O–H groups in total. The second-order valence-corrected chi connectivity index (χ2v) is 7.11. The van der Waals surface area contributed by atoms with E-state index in [-0.39, 0.29) is 18.3 Å². The Kier molecular flexibility index (Phi) is 6.20. The molecule has 0 bridgehead atoms. The monoisotopic (exact) mass is 401 g/mol. The summed E-state index contributed by atoms with van der Waals surface area (Å²) in [7, 11) is 0. The molecule has 1 aliphatic heterocycles. The van der Waals surface area contributed by atoms with Crippen molar-refractivity contribution in [3.05, 3.63) is 48.0 Å². The van der Waals surface area contributed by atoms with Gasteiger partial charge in [0, 0.05) is 16.6 Å². The highest BCUT2D eigenvalue weighted by atomic mass is 32.2. The van der Waals surface area contributed by atoms with Gasteiger partial charge in [0.15, 0.2) is 17.6 Å². The third-order valence-electron chi connectivity index (χ3n) is 3.83. The van der Waals surface area contributed by atoms with Gasteiger partial charge in [-0.3, -0.25) is 9.59 Å². The van der Waals surface area contributed by atoms with Gasteiger partial charge in [-0.1, -0.05) is 12.1 Å². The van der Waals surface area contributed by atoms with Crippen LogP contribution in [0.3, 0.4) is 0 Å². The highest BCUT2D eigenvalue weighted by Crippen LogP contribution is 2.34. The lowest BCUT2D eigenvalue weighted by Crippen LogP contribution is -2.30. The summed E-state index contributed by atoms with van der Waals surface area (Å²) < 4.78 is 15.8. The lowest BCUT2D eigenvalue weighted by Gasteiger charge is -2.15. The quantitative estimate of drug-likeness (QED) is 0.562. The van der Waals surface area contributed by atoms with Crippen molar-refractivity contribution in [1.29, 1.82) is 0 Å². The molecular formula is C20H19NO6S. The summed E-state index contributed by atoms with van der Waals surface area (Å²) in [5, 5.41) is 2.68. The van der Waals surface area contributed by atoms with Crippen LogP contribution in [0.25, 0.3) is 0 Å². The Morgan fingerprint density at radius 1 is 1.14 bits per heavy atom. The minimum absolute atomic E-state index is 0.00430. The van der Waals surface area contributed by atoms with Crippen molar-refractivity contribution >= 4 is 35.1 Å². The fourth-order valence-electron chi connectivity index (χ4n) is 2.44. The highest BCUT2D eigenvalue weighted by molar-refractivity contribution is 8.00. The molecule has 146 valence electrons. The number of nitrogens with one attached hydrogen (secondary N) is 1. The Bertz CT molecular complexity index is 913. The molecule has 0 aromatic heterocycles. The van der Waals surface area contributed by atoms with E-state index in [1.54, 1.807) is 42.5 Å². The van der Waals surface area contributed by atoms with Gasteiger partial charge in [0.25, 0.3) is 5.91 Å². The number of Topliss-reactive ketones (excluding diaryl/α,β-unsaturated/α-hetero) is 1. The zero-order valence-electron chi connectivity index (χ0n) is 15.4. The molecule has 2 aromatic carbocycles. The molecule has 1 amide bonds. The molecule has 0 radical (unpaired) electrons. The maximum atomic E-state index is 12.5. The first-order chi connectivity index (χ1) is 13.4. The molecule has 0 fully saturated rings. The smallest absolute Gasteiger partial charge is 0.340 e. The van der Waals surface area contributed by atoms with Crippen LogP contribution in [0.15, 0.2) is 47.4 Å². The van der Waals surface area contributed by atoms with E-state index in [4.69, 9.17) is 14.2 Å². The van der Waals surface area contributed by atoms with E-state index in [0.717, 1.165) is 0 Å². The second kappa shape index (κ2) is 8.79. The maximum Gasteiger partial charge on any atom is 0.340 e. The van der Waals surface area contributed by atoms with Crippen LogP contribution in [0, 0.1) is 0 Å². The van der Waals surface area contributed by atoms with Crippen molar-refractivity contribution in [2.45, 2.75) is 24.8 Å². The van der Waals surface area contributed by atoms with E-state index in [0.29, 0.717) is 27.6 Å². The molecule has 2 aromatic rings. The lowest BCUT2D eigenvalue weighted by atomic mass is 10.2. The van der Waals surface area contributed by atoms with Crippen LogP contribution in [0.4, 0.5) is 5.69 Å². The zero-order chi connectivity index (χ0) is 20.1. The second-order valence-electron chi connectivity index (χ2n) is 6.09. The number of rotatable bonds is 7. The molecule has 1 heterocycles. The molecular weight excluding hydrogens is 382 g/mol. The van der Waals surface area contributed by atoms with Gasteiger partial charge in [-0.25, -0.2) is 4.79 Å². The Morgan fingerprint density at radius 2 is 1.89 bits per heavy atom. The molecule has 1 atom stereocenters. The highest BCUT2D eigenvalue weighted by Gasteiger charge is 2.22. The SMILES string of the molecule is CC(=O)CSc1ccccc1C(=O)O[C@H](C)C(=O)Nc1ccc2c(c1)OCO2. The fraction of sp³-hybridized carbons (Fsp3) is 0.250. The number of carbonyl (C=O) groups is 3. The standard InChI is InChI=1S/C20H19NO6S/c1-12(22)10-28-18-6-4-3-5-15(18)20(24)27-13(2)19(23)21-14-7-8-16-17(9-14)26-11-25-16/h3-9,13H,10-11H2,1-2H3,(H,21,23)/t13-/m1/s1. The minimum Gasteiger partial charge on any atom is -0.454 e. The van der Waals surface area contributed by atoms with E-state index in [1.807, 2.05) is 0 Å². The van der Waals surface area contributed by atoms with E-state index in [1.165, 1.54) is 25.6 Å². The molecule has 0 saturated heterocycles. The maximum absolute atomic E-state index is 12.5. The molecule has 0 aliphatic carbocycles. The Morgan fingerprint density at radius 3 is 2.68 bits per heavy atom. The van der Waals surface area contributed by atoms with Crippen molar-refractivity contribution in [2.24, 2.45) is 0 Å². The van der Waals surface area contributed by atoms with Crippen molar-refractivity contribution in [3.8, 4) is 11.5 Å². The summed E-state index contributed by atoms with van der Waals surface area (Å²) in [6.45, 7) is 3.11. The van der Waals surface area contributed by atoms with E-state index in [9.17, 15) is 14.4 Å². The zero-order valence-corrected chi connectivity index (χ0v) is 16.2. The number of benzene rings is 2. The molecule has 3 rings (SSSR count). The predicted octanol–water partition coefficient (Wildman–Crippen LogP) is 3.28. The van der Waals surface area contributed by atoms with Gasteiger partial charge in [-0.05, 0) is 38.1 Å². The third kappa shape index (κ3) is 4.83. The van der Waals surface area contributed by atoms with Crippen molar-refractivity contribution in [1.82, 2.24) is 0 Å². The van der Waals surface area contributed by atoms with E-state index in [2.05, 4.69) is 5.32 Å². The largest absolute Gasteiger partial charge is 0.454 e. The van der Waals surface area contributed by atoms with Crippen molar-refractivity contribution in [2.75, 3.05) is 17.9 Å². The fourth-order valence-corrected chi connectivity index (χ4v) is 3.28. The number of carbonyl (C=O) groups excluding carboxylic acids is 3. The normalized spacial score (nSPS) is 12.9. The molecule has 28 heavy (non-hydrogen) atoms. The summed E-state index contributed by atoms with van der Waals surface area (Å²) in [5.41, 5.74) is 0.825. The van der Waals surface area contributed by atoms with Crippen LogP contribution in [0.2, 0.25) is 0 Å². The average molecular weight is 401 g/mol. The Balaban J connectivity index is 1.62. The van der Waals surface area contributed by atoms with Gasteiger partial charge < -0.3 is 19.5 Å². The van der Waals surface area contributed by atoms with Crippen LogP contribution in [0.5, 0.6) is 11.5 Å². The number of hydrogen-bond donors (Lipinski definition) is 1. The Labute approximate surface area is 166 Å². The summed E-state index contributed by atoms with van der Waals surface area (Å²) in [6, 6.07) is 11.8. The first-order valence-electron chi connectivity index (χ1n) is 8.57. The number of fused-ring (bicyclic) bond motifs is 1. The molecule has 8 heteroatoms. The third-order valence-corrected chi connectivity index (χ3v) is 5.05. The van der Waals surface area contributed by atoms with Gasteiger partial charge in [0.1, 0.15) is 5.78 Å². The number of anilines is 1. The summed E-state index contributed by atoms with van der Waals surface area (Å²) >= 11 is 1.26. The summed E-state index contributed by atoms with van der Waals surface area (Å²) in [4.78, 5) is 36.7. The molecule has 0 saturated carbocycles. The number of hydrogen-bond acceptors (Lipinski definition) is 7. The van der Waals surface area contributed by atoms with Crippen LogP contribution in [0.1, 0.15) is 24.2 Å². The van der Waals surface area contributed by atoms with Gasteiger partial charge in [-0.2, -0.15) is 0 Å². The number of esters is 1.